The molecule has 1 unspecified atom stereocenters. The van der Waals surface area contributed by atoms with Gasteiger partial charge in [-0.15, -0.1) is 11.8 Å². The largest absolute Gasteiger partial charge is 0.402 e. The summed E-state index contributed by atoms with van der Waals surface area (Å²) in [5.41, 5.74) is 13.2. The van der Waals surface area contributed by atoms with Crippen LogP contribution >= 0.6 is 11.8 Å². The molecule has 10 heavy (non-hydrogen) atoms. The number of nitrogens with two attached hydrogens (primary N) is 2. The lowest BCUT2D eigenvalue weighted by Gasteiger charge is -2.05. The molecule has 0 saturated heterocycles. The van der Waals surface area contributed by atoms with Crippen molar-refractivity contribution in [2.45, 2.75) is 26.1 Å². The minimum atomic E-state index is 0.203. The lowest BCUT2D eigenvalue weighted by atomic mass is 10.3. The van der Waals surface area contributed by atoms with E-state index in [1.54, 1.807) is 11.8 Å². The molecule has 1 atom stereocenters. The summed E-state index contributed by atoms with van der Waals surface area (Å²) >= 11 is 1.71. The van der Waals surface area contributed by atoms with Gasteiger partial charge in [-0.2, -0.15) is 0 Å². The molecule has 0 aromatic heterocycles. The molecule has 0 radical (unpaired) electrons. The Morgan fingerprint density at radius 3 is 2.30 bits per heavy atom. The zero-order valence-electron chi connectivity index (χ0n) is 6.85. The zero-order chi connectivity index (χ0) is 8.15. The van der Waals surface area contributed by atoms with Crippen molar-refractivity contribution in [1.82, 2.24) is 0 Å². The Hall–Kier alpha value is -0.150. The fourth-order valence-electron chi connectivity index (χ4n) is 0.370. The normalized spacial score (nSPS) is 16.4. The van der Waals surface area contributed by atoms with Gasteiger partial charge >= 0.3 is 0 Å². The highest BCUT2D eigenvalue weighted by atomic mass is 32.2. The summed E-state index contributed by atoms with van der Waals surface area (Å²) in [7, 11) is 0. The Labute approximate surface area is 67.0 Å². The molecule has 60 valence electrons. The molecule has 0 rings (SSSR count). The lowest BCUT2D eigenvalue weighted by molar-refractivity contribution is 1.04. The maximum atomic E-state index is 5.55. The molecular formula is C7H16N2S. The van der Waals surface area contributed by atoms with E-state index in [0.29, 0.717) is 0 Å². The van der Waals surface area contributed by atoms with Crippen molar-refractivity contribution < 1.29 is 0 Å². The number of rotatable bonds is 3. The average molecular weight is 160 g/mol. The predicted octanol–water partition coefficient (Wildman–Crippen LogP) is 1.28. The second-order valence-corrected chi connectivity index (χ2v) is 3.85. The number of thioether (sulfide) groups is 1. The van der Waals surface area contributed by atoms with Crippen LogP contribution in [-0.4, -0.2) is 11.1 Å². The molecule has 0 spiro atoms. The topological polar surface area (TPSA) is 52.0 Å². The zero-order valence-corrected chi connectivity index (χ0v) is 7.66. The van der Waals surface area contributed by atoms with Crippen LogP contribution in [0.4, 0.5) is 0 Å². The van der Waals surface area contributed by atoms with E-state index in [1.807, 2.05) is 20.8 Å². The van der Waals surface area contributed by atoms with E-state index in [4.69, 9.17) is 11.5 Å². The van der Waals surface area contributed by atoms with Crippen LogP contribution in [0.1, 0.15) is 20.8 Å². The summed E-state index contributed by atoms with van der Waals surface area (Å²) in [5, 5.41) is 0.203. The van der Waals surface area contributed by atoms with Crippen LogP contribution in [0.25, 0.3) is 0 Å². The van der Waals surface area contributed by atoms with Crippen molar-refractivity contribution in [3.63, 3.8) is 0 Å². The van der Waals surface area contributed by atoms with Gasteiger partial charge in [0.25, 0.3) is 0 Å². The molecule has 0 aliphatic carbocycles. The molecule has 0 aliphatic heterocycles. The third kappa shape index (κ3) is 4.70. The van der Waals surface area contributed by atoms with Crippen LogP contribution in [0.15, 0.2) is 11.3 Å². The van der Waals surface area contributed by atoms with Gasteiger partial charge in [-0.05, 0) is 26.3 Å². The summed E-state index contributed by atoms with van der Waals surface area (Å²) in [6.45, 7) is 5.92. The Kier molecular flexibility index (Phi) is 4.56. The number of hydrogen-bond donors (Lipinski definition) is 2. The van der Waals surface area contributed by atoms with E-state index in [9.17, 15) is 0 Å². The van der Waals surface area contributed by atoms with Gasteiger partial charge in [0.05, 0.1) is 0 Å². The van der Waals surface area contributed by atoms with Crippen LogP contribution in [0.5, 0.6) is 0 Å². The summed E-state index contributed by atoms with van der Waals surface area (Å²) in [5.74, 6) is 0.944. The molecule has 4 N–H and O–H groups in total. The first-order chi connectivity index (χ1) is 4.54. The molecular weight excluding hydrogens is 144 g/mol. The van der Waals surface area contributed by atoms with Crippen LogP contribution in [0.2, 0.25) is 0 Å². The van der Waals surface area contributed by atoms with E-state index in [0.717, 1.165) is 11.4 Å². The molecule has 0 heterocycles. The van der Waals surface area contributed by atoms with E-state index < -0.39 is 0 Å². The van der Waals surface area contributed by atoms with Crippen molar-refractivity contribution in [3.05, 3.63) is 11.3 Å². The quantitative estimate of drug-likeness (QED) is 0.611. The first-order valence-electron chi connectivity index (χ1n) is 3.33. The highest BCUT2D eigenvalue weighted by Gasteiger charge is 1.96. The fraction of sp³-hybridized carbons (Fsp3) is 0.714. The molecule has 3 heteroatoms. The van der Waals surface area contributed by atoms with Crippen molar-refractivity contribution >= 4 is 11.8 Å². The van der Waals surface area contributed by atoms with Crippen LogP contribution in [-0.2, 0) is 0 Å². The fourth-order valence-corrected chi connectivity index (χ4v) is 1.11. The summed E-state index contributed by atoms with van der Waals surface area (Å²) in [6.07, 6.45) is 0. The van der Waals surface area contributed by atoms with Crippen molar-refractivity contribution in [1.29, 1.82) is 0 Å². The third-order valence-electron chi connectivity index (χ3n) is 1.24. The van der Waals surface area contributed by atoms with Crippen LogP contribution in [0.3, 0.4) is 0 Å². The van der Waals surface area contributed by atoms with Gasteiger partial charge in [0.1, 0.15) is 0 Å². The smallest absolute Gasteiger partial charge is 0.0481 e. The predicted molar refractivity (Wildman–Crippen MR) is 48.7 cm³/mol. The molecule has 0 amide bonds. The standard InChI is InChI=1S/C7H16N2S/c1-5(6(2)8)4-10-7(3)9/h7H,4,8-9H2,1-3H3/b6-5-. The Balaban J connectivity index is 3.60. The summed E-state index contributed by atoms with van der Waals surface area (Å²) in [6, 6.07) is 0. The monoisotopic (exact) mass is 160 g/mol. The van der Waals surface area contributed by atoms with Crippen LogP contribution in [0, 0.1) is 0 Å². The highest BCUT2D eigenvalue weighted by molar-refractivity contribution is 8.00. The van der Waals surface area contributed by atoms with Crippen molar-refractivity contribution in [3.8, 4) is 0 Å². The number of allylic oxidation sites excluding steroid dienone is 1. The number of hydrogen-bond acceptors (Lipinski definition) is 3. The molecule has 0 fully saturated rings. The van der Waals surface area contributed by atoms with Gasteiger partial charge in [-0.1, -0.05) is 0 Å². The molecule has 0 aromatic carbocycles. The van der Waals surface area contributed by atoms with E-state index >= 15 is 0 Å². The van der Waals surface area contributed by atoms with Crippen molar-refractivity contribution in [2.24, 2.45) is 11.5 Å². The first kappa shape index (κ1) is 9.85. The Morgan fingerprint density at radius 2 is 2.00 bits per heavy atom. The van der Waals surface area contributed by atoms with Gasteiger partial charge in [0.15, 0.2) is 0 Å². The third-order valence-corrected chi connectivity index (χ3v) is 2.36. The summed E-state index contributed by atoms with van der Waals surface area (Å²) in [4.78, 5) is 0. The Bertz CT molecular complexity index is 126. The highest BCUT2D eigenvalue weighted by Crippen LogP contribution is 2.11. The van der Waals surface area contributed by atoms with Gasteiger partial charge in [0, 0.05) is 16.8 Å². The van der Waals surface area contributed by atoms with Gasteiger partial charge < -0.3 is 11.5 Å². The Morgan fingerprint density at radius 1 is 1.50 bits per heavy atom. The average Bonchev–Trinajstić information content (AvgIpc) is 1.82. The van der Waals surface area contributed by atoms with Crippen LogP contribution < -0.4 is 11.5 Å². The minimum absolute atomic E-state index is 0.203. The maximum Gasteiger partial charge on any atom is 0.0481 e. The molecule has 0 aromatic rings. The second-order valence-electron chi connectivity index (χ2n) is 2.48. The van der Waals surface area contributed by atoms with E-state index in [1.165, 1.54) is 5.57 Å². The van der Waals surface area contributed by atoms with Gasteiger partial charge in [0.2, 0.25) is 0 Å². The first-order valence-corrected chi connectivity index (χ1v) is 4.38. The van der Waals surface area contributed by atoms with Gasteiger partial charge in [-0.25, -0.2) is 0 Å². The minimum Gasteiger partial charge on any atom is -0.402 e. The second kappa shape index (κ2) is 4.63. The van der Waals surface area contributed by atoms with E-state index in [2.05, 4.69) is 0 Å². The molecule has 2 nitrogen and oxygen atoms in total. The molecule has 0 bridgehead atoms. The molecule has 0 saturated carbocycles. The van der Waals surface area contributed by atoms with Crippen molar-refractivity contribution in [2.75, 3.05) is 5.75 Å². The van der Waals surface area contributed by atoms with Gasteiger partial charge in [-0.3, -0.25) is 0 Å². The molecule has 0 aliphatic rings. The summed E-state index contributed by atoms with van der Waals surface area (Å²) < 4.78 is 0. The maximum absolute atomic E-state index is 5.55. The SMILES string of the molecule is C/C(N)=C(\C)CSC(C)N. The van der Waals surface area contributed by atoms with E-state index in [-0.39, 0.29) is 5.37 Å². The lowest BCUT2D eigenvalue weighted by Crippen LogP contribution is -2.11.